The smallest absolute Gasteiger partial charge is 0.256 e. The number of hydrogen-bond acceptors (Lipinski definition) is 3. The number of carbonyl (C=O) groups is 1. The lowest BCUT2D eigenvalue weighted by Gasteiger charge is -2.03. The van der Waals surface area contributed by atoms with Gasteiger partial charge < -0.3 is 10.3 Å². The van der Waals surface area contributed by atoms with E-state index in [1.807, 2.05) is 6.92 Å². The van der Waals surface area contributed by atoms with E-state index in [0.717, 1.165) is 12.1 Å². The van der Waals surface area contributed by atoms with E-state index in [-0.39, 0.29) is 11.5 Å². The van der Waals surface area contributed by atoms with Crippen LogP contribution in [-0.4, -0.2) is 20.7 Å². The number of amides is 1. The molecule has 1 amide bonds. The first-order valence-corrected chi connectivity index (χ1v) is 5.62. The molecule has 2 N–H and O–H groups in total. The number of aromatic nitrogens is 3. The van der Waals surface area contributed by atoms with Crippen molar-refractivity contribution in [1.29, 1.82) is 0 Å². The zero-order valence-corrected chi connectivity index (χ0v) is 10.2. The van der Waals surface area contributed by atoms with E-state index in [1.54, 1.807) is 24.0 Å². The second kappa shape index (κ2) is 4.87. The number of hydrogen-bond donors (Lipinski definition) is 2. The van der Waals surface area contributed by atoms with Crippen molar-refractivity contribution >= 4 is 11.6 Å². The summed E-state index contributed by atoms with van der Waals surface area (Å²) in [6.07, 6.45) is 3.91. The lowest BCUT2D eigenvalue weighted by molar-refractivity contribution is 0.102. The van der Waals surface area contributed by atoms with Crippen molar-refractivity contribution in [2.75, 3.05) is 5.32 Å². The van der Waals surface area contributed by atoms with Gasteiger partial charge in [0.2, 0.25) is 5.56 Å². The highest BCUT2D eigenvalue weighted by Crippen LogP contribution is 2.14. The van der Waals surface area contributed by atoms with Crippen molar-refractivity contribution in [3.63, 3.8) is 0 Å². The van der Waals surface area contributed by atoms with Gasteiger partial charge in [-0.05, 0) is 12.5 Å². The van der Waals surface area contributed by atoms with E-state index in [1.165, 1.54) is 12.3 Å². The van der Waals surface area contributed by atoms with Crippen LogP contribution >= 0.6 is 0 Å². The molecule has 94 valence electrons. The summed E-state index contributed by atoms with van der Waals surface area (Å²) in [7, 11) is 1.79. The van der Waals surface area contributed by atoms with E-state index in [9.17, 15) is 9.59 Å². The van der Waals surface area contributed by atoms with Gasteiger partial charge in [-0.15, -0.1) is 0 Å². The number of carbonyl (C=O) groups excluding carboxylic acids is 1. The average molecular weight is 246 g/mol. The predicted molar refractivity (Wildman–Crippen MR) is 67.6 cm³/mol. The lowest BCUT2D eigenvalue weighted by Crippen LogP contribution is -2.16. The molecule has 0 spiro atoms. The first kappa shape index (κ1) is 12.1. The molecule has 0 saturated carbocycles. The fraction of sp³-hybridized carbons (Fsp3) is 0.250. The Morgan fingerprint density at radius 2 is 2.33 bits per heavy atom. The van der Waals surface area contributed by atoms with E-state index >= 15 is 0 Å². The molecule has 0 aromatic carbocycles. The summed E-state index contributed by atoms with van der Waals surface area (Å²) in [6, 6.07) is 2.82. The Labute approximate surface area is 104 Å². The quantitative estimate of drug-likeness (QED) is 0.845. The van der Waals surface area contributed by atoms with E-state index in [0.29, 0.717) is 11.3 Å². The normalized spacial score (nSPS) is 10.3. The van der Waals surface area contributed by atoms with Crippen LogP contribution in [0.15, 0.2) is 29.3 Å². The standard InChI is InChI=1S/C12H14N4O2/c1-3-9-10(7-16(2)15-9)14-12(18)8-4-5-13-11(17)6-8/h4-7H,3H2,1-2H3,(H,13,17)(H,14,18). The van der Waals surface area contributed by atoms with Crippen LogP contribution in [0.25, 0.3) is 0 Å². The monoisotopic (exact) mass is 246 g/mol. The van der Waals surface area contributed by atoms with Crippen LogP contribution in [0.3, 0.4) is 0 Å². The highest BCUT2D eigenvalue weighted by molar-refractivity contribution is 6.04. The highest BCUT2D eigenvalue weighted by atomic mass is 16.2. The maximum Gasteiger partial charge on any atom is 0.256 e. The molecule has 0 unspecified atom stereocenters. The number of H-pyrrole nitrogens is 1. The van der Waals surface area contributed by atoms with E-state index in [2.05, 4.69) is 15.4 Å². The first-order valence-electron chi connectivity index (χ1n) is 5.62. The van der Waals surface area contributed by atoms with Crippen LogP contribution in [0.5, 0.6) is 0 Å². The van der Waals surface area contributed by atoms with Gasteiger partial charge in [0.1, 0.15) is 0 Å². The second-order valence-electron chi connectivity index (χ2n) is 3.91. The molecule has 0 radical (unpaired) electrons. The summed E-state index contributed by atoms with van der Waals surface area (Å²) in [6.45, 7) is 1.96. The van der Waals surface area contributed by atoms with Gasteiger partial charge in [-0.1, -0.05) is 6.92 Å². The molecule has 0 aliphatic carbocycles. The van der Waals surface area contributed by atoms with Crippen molar-refractivity contribution in [1.82, 2.24) is 14.8 Å². The Morgan fingerprint density at radius 3 is 3.00 bits per heavy atom. The van der Waals surface area contributed by atoms with Gasteiger partial charge in [-0.3, -0.25) is 14.3 Å². The molecule has 2 aromatic rings. The Bertz CT molecular complexity index is 627. The number of pyridine rings is 1. The molecule has 0 aliphatic rings. The van der Waals surface area contributed by atoms with Crippen LogP contribution < -0.4 is 10.9 Å². The van der Waals surface area contributed by atoms with Crippen molar-refractivity contribution in [2.24, 2.45) is 7.05 Å². The summed E-state index contributed by atoms with van der Waals surface area (Å²) in [5, 5.41) is 6.98. The average Bonchev–Trinajstić information content (AvgIpc) is 2.69. The maximum absolute atomic E-state index is 11.9. The summed E-state index contributed by atoms with van der Waals surface area (Å²) >= 11 is 0. The third kappa shape index (κ3) is 2.48. The minimum absolute atomic E-state index is 0.301. The molecule has 0 atom stereocenters. The van der Waals surface area contributed by atoms with Crippen LogP contribution in [0.4, 0.5) is 5.69 Å². The van der Waals surface area contributed by atoms with Crippen LogP contribution in [0, 0.1) is 0 Å². The van der Waals surface area contributed by atoms with Gasteiger partial charge in [0.15, 0.2) is 0 Å². The molecule has 2 aromatic heterocycles. The number of aryl methyl sites for hydroxylation is 2. The molecule has 0 fully saturated rings. The molecule has 6 nitrogen and oxygen atoms in total. The van der Waals surface area contributed by atoms with Crippen molar-refractivity contribution in [3.8, 4) is 0 Å². The molecule has 2 rings (SSSR count). The Hall–Kier alpha value is -2.37. The van der Waals surface area contributed by atoms with Gasteiger partial charge in [0.25, 0.3) is 5.91 Å². The summed E-state index contributed by atoms with van der Waals surface area (Å²) in [5.41, 5.74) is 1.51. The largest absolute Gasteiger partial charge is 0.329 e. The van der Waals surface area contributed by atoms with Gasteiger partial charge in [0.05, 0.1) is 11.4 Å². The lowest BCUT2D eigenvalue weighted by atomic mass is 10.2. The summed E-state index contributed by atoms with van der Waals surface area (Å²) in [4.78, 5) is 25.5. The summed E-state index contributed by atoms with van der Waals surface area (Å²) < 4.78 is 1.65. The number of nitrogens with zero attached hydrogens (tertiary/aromatic N) is 2. The fourth-order valence-electron chi connectivity index (χ4n) is 1.68. The molecule has 18 heavy (non-hydrogen) atoms. The number of rotatable bonds is 3. The molecular weight excluding hydrogens is 232 g/mol. The maximum atomic E-state index is 11.9. The molecule has 2 heterocycles. The zero-order valence-electron chi connectivity index (χ0n) is 10.2. The topological polar surface area (TPSA) is 79.8 Å². The molecule has 6 heteroatoms. The minimum Gasteiger partial charge on any atom is -0.329 e. The number of nitrogens with one attached hydrogen (secondary N) is 2. The third-order valence-electron chi connectivity index (χ3n) is 2.53. The second-order valence-corrected chi connectivity index (χ2v) is 3.91. The van der Waals surface area contributed by atoms with Crippen LogP contribution in [-0.2, 0) is 13.5 Å². The van der Waals surface area contributed by atoms with Crippen molar-refractivity contribution in [2.45, 2.75) is 13.3 Å². The third-order valence-corrected chi connectivity index (χ3v) is 2.53. The van der Waals surface area contributed by atoms with Crippen molar-refractivity contribution in [3.05, 3.63) is 46.1 Å². The minimum atomic E-state index is -0.316. The van der Waals surface area contributed by atoms with Gasteiger partial charge in [-0.2, -0.15) is 5.10 Å². The molecular formula is C12H14N4O2. The molecule has 0 saturated heterocycles. The Morgan fingerprint density at radius 1 is 1.56 bits per heavy atom. The van der Waals surface area contributed by atoms with Crippen LogP contribution in [0.2, 0.25) is 0 Å². The Balaban J connectivity index is 2.23. The van der Waals surface area contributed by atoms with Gasteiger partial charge in [0, 0.05) is 31.1 Å². The zero-order chi connectivity index (χ0) is 13.1. The van der Waals surface area contributed by atoms with E-state index < -0.39 is 0 Å². The summed E-state index contributed by atoms with van der Waals surface area (Å²) in [5.74, 6) is -0.316. The van der Waals surface area contributed by atoms with Crippen molar-refractivity contribution < 1.29 is 4.79 Å². The predicted octanol–water partition coefficient (Wildman–Crippen LogP) is 0.923. The fourth-order valence-corrected chi connectivity index (χ4v) is 1.68. The number of anilines is 1. The molecule has 0 aliphatic heterocycles. The Kier molecular flexibility index (Phi) is 3.27. The number of aromatic amines is 1. The van der Waals surface area contributed by atoms with Gasteiger partial charge in [-0.25, -0.2) is 0 Å². The highest BCUT2D eigenvalue weighted by Gasteiger charge is 2.11. The first-order chi connectivity index (χ1) is 8.60. The van der Waals surface area contributed by atoms with Crippen LogP contribution in [0.1, 0.15) is 23.0 Å². The van der Waals surface area contributed by atoms with Gasteiger partial charge >= 0.3 is 0 Å². The van der Waals surface area contributed by atoms with E-state index in [4.69, 9.17) is 0 Å². The SMILES string of the molecule is CCc1nn(C)cc1NC(=O)c1cc[nH]c(=O)c1. The molecule has 0 bridgehead atoms.